The first-order valence-electron chi connectivity index (χ1n) is 7.76. The Bertz CT molecular complexity index is 890. The van der Waals surface area contributed by atoms with Crippen molar-refractivity contribution < 1.29 is 27.8 Å². The average Bonchev–Trinajstić information content (AvgIpc) is 2.66. The van der Waals surface area contributed by atoms with Gasteiger partial charge in [0.25, 0.3) is 5.91 Å². The Morgan fingerprint density at radius 3 is 2.57 bits per heavy atom. The molecule has 0 spiro atoms. The van der Waals surface area contributed by atoms with E-state index in [1.165, 1.54) is 36.5 Å². The molecule has 0 unspecified atom stereocenters. The summed E-state index contributed by atoms with van der Waals surface area (Å²) in [6.07, 6.45) is 3.83. The number of aromatic nitrogens is 1. The zero-order valence-corrected chi connectivity index (χ0v) is 15.9. The second kappa shape index (κ2) is 10.0. The monoisotopic (exact) mass is 430 g/mol. The van der Waals surface area contributed by atoms with Gasteiger partial charge in [-0.2, -0.15) is 8.78 Å². The zero-order valence-electron chi connectivity index (χ0n) is 14.4. The highest BCUT2D eigenvalue weighted by Crippen LogP contribution is 2.28. The Labute approximate surface area is 169 Å². The van der Waals surface area contributed by atoms with E-state index in [2.05, 4.69) is 15.0 Å². The van der Waals surface area contributed by atoms with Crippen LogP contribution in [0.4, 0.5) is 14.6 Å². The quantitative estimate of drug-likeness (QED) is 0.516. The standard InChI is InChI=1S/C18H14Cl2F2N2O4/c1-10-13(19)8-23-17(16(10)20)24-14(25)9-27-15(26)7-4-11-2-5-12(6-3-11)28-18(21)22/h2-8,18H,9H2,1H3,(H,23,24,25). The second-order valence-electron chi connectivity index (χ2n) is 5.33. The molecule has 0 aliphatic heterocycles. The van der Waals surface area contributed by atoms with Gasteiger partial charge < -0.3 is 14.8 Å². The molecule has 0 saturated heterocycles. The van der Waals surface area contributed by atoms with Crippen LogP contribution < -0.4 is 10.1 Å². The topological polar surface area (TPSA) is 77.5 Å². The smallest absolute Gasteiger partial charge is 0.387 e. The molecule has 0 bridgehead atoms. The zero-order chi connectivity index (χ0) is 20.7. The van der Waals surface area contributed by atoms with Gasteiger partial charge in [0.05, 0.1) is 10.0 Å². The maximum absolute atomic E-state index is 12.1. The fraction of sp³-hybridized carbons (Fsp3) is 0.167. The lowest BCUT2D eigenvalue weighted by Crippen LogP contribution is -2.21. The minimum atomic E-state index is -2.91. The average molecular weight is 431 g/mol. The van der Waals surface area contributed by atoms with Crippen LogP contribution in [0.15, 0.2) is 36.5 Å². The maximum atomic E-state index is 12.1. The van der Waals surface area contributed by atoms with Crippen LogP contribution in [0.2, 0.25) is 10.0 Å². The van der Waals surface area contributed by atoms with Gasteiger partial charge in [-0.1, -0.05) is 35.3 Å². The number of ether oxygens (including phenoxy) is 2. The van der Waals surface area contributed by atoms with Gasteiger partial charge in [-0.3, -0.25) is 4.79 Å². The van der Waals surface area contributed by atoms with E-state index in [9.17, 15) is 18.4 Å². The number of pyridine rings is 1. The highest BCUT2D eigenvalue weighted by atomic mass is 35.5. The first-order chi connectivity index (χ1) is 13.3. The first-order valence-corrected chi connectivity index (χ1v) is 8.52. The number of nitrogens with one attached hydrogen (secondary N) is 1. The van der Waals surface area contributed by atoms with Gasteiger partial charge in [0.2, 0.25) is 0 Å². The van der Waals surface area contributed by atoms with E-state index in [-0.39, 0.29) is 16.6 Å². The van der Waals surface area contributed by atoms with Crippen molar-refractivity contribution >= 4 is 47.0 Å². The van der Waals surface area contributed by atoms with Crippen molar-refractivity contribution in [3.63, 3.8) is 0 Å². The molecule has 2 rings (SSSR count). The first kappa shape index (κ1) is 21.6. The van der Waals surface area contributed by atoms with Crippen molar-refractivity contribution in [3.05, 3.63) is 57.7 Å². The fourth-order valence-electron chi connectivity index (χ4n) is 1.92. The molecule has 0 radical (unpaired) electrons. The molecule has 0 aliphatic carbocycles. The maximum Gasteiger partial charge on any atom is 0.387 e. The molecule has 0 atom stereocenters. The molecule has 148 valence electrons. The van der Waals surface area contributed by atoms with Crippen molar-refractivity contribution in [1.82, 2.24) is 4.98 Å². The van der Waals surface area contributed by atoms with Crippen LogP contribution in [0.5, 0.6) is 5.75 Å². The van der Waals surface area contributed by atoms with Crippen molar-refractivity contribution in [2.75, 3.05) is 11.9 Å². The van der Waals surface area contributed by atoms with Gasteiger partial charge in [0.15, 0.2) is 12.4 Å². The Morgan fingerprint density at radius 1 is 1.25 bits per heavy atom. The van der Waals surface area contributed by atoms with E-state index in [4.69, 9.17) is 27.9 Å². The molecule has 10 heteroatoms. The van der Waals surface area contributed by atoms with E-state index in [1.807, 2.05) is 0 Å². The summed E-state index contributed by atoms with van der Waals surface area (Å²) in [5.41, 5.74) is 1.11. The number of halogens is 4. The summed E-state index contributed by atoms with van der Waals surface area (Å²) in [5, 5.41) is 2.95. The van der Waals surface area contributed by atoms with Gasteiger partial charge in [-0.25, -0.2) is 9.78 Å². The largest absolute Gasteiger partial charge is 0.452 e. The predicted octanol–water partition coefficient (Wildman–Crippen LogP) is 4.49. The van der Waals surface area contributed by atoms with Crippen molar-refractivity contribution in [3.8, 4) is 5.75 Å². The molecule has 1 amide bonds. The van der Waals surface area contributed by atoms with Crippen LogP contribution in [-0.4, -0.2) is 30.1 Å². The van der Waals surface area contributed by atoms with E-state index in [0.29, 0.717) is 16.1 Å². The third-order valence-electron chi connectivity index (χ3n) is 3.32. The lowest BCUT2D eigenvalue weighted by Gasteiger charge is -2.09. The summed E-state index contributed by atoms with van der Waals surface area (Å²) in [5.74, 6) is -1.30. The molecule has 0 fully saturated rings. The number of anilines is 1. The van der Waals surface area contributed by atoms with Crippen LogP contribution in [0.1, 0.15) is 11.1 Å². The number of rotatable bonds is 7. The fourth-order valence-corrected chi connectivity index (χ4v) is 2.31. The summed E-state index contributed by atoms with van der Waals surface area (Å²) in [6, 6.07) is 5.61. The third-order valence-corrected chi connectivity index (χ3v) is 4.17. The minimum absolute atomic E-state index is 0.00361. The predicted molar refractivity (Wildman–Crippen MR) is 101 cm³/mol. The third kappa shape index (κ3) is 6.47. The molecular formula is C18H14Cl2F2N2O4. The molecule has 0 aliphatic rings. The normalized spacial score (nSPS) is 10.9. The van der Waals surface area contributed by atoms with Gasteiger partial charge in [0, 0.05) is 12.3 Å². The van der Waals surface area contributed by atoms with Gasteiger partial charge in [-0.05, 0) is 36.3 Å². The van der Waals surface area contributed by atoms with E-state index >= 15 is 0 Å². The summed E-state index contributed by atoms with van der Waals surface area (Å²) < 4.78 is 33.2. The number of carbonyl (C=O) groups excluding carboxylic acids is 2. The second-order valence-corrected chi connectivity index (χ2v) is 6.12. The molecule has 28 heavy (non-hydrogen) atoms. The number of nitrogens with zero attached hydrogens (tertiary/aromatic N) is 1. The molecule has 2 aromatic rings. The number of benzene rings is 1. The molecular weight excluding hydrogens is 417 g/mol. The number of hydrogen-bond acceptors (Lipinski definition) is 5. The SMILES string of the molecule is Cc1c(Cl)cnc(NC(=O)COC(=O)C=Cc2ccc(OC(F)F)cc2)c1Cl. The Morgan fingerprint density at radius 2 is 1.93 bits per heavy atom. The summed E-state index contributed by atoms with van der Waals surface area (Å²) in [4.78, 5) is 27.4. The van der Waals surface area contributed by atoms with E-state index < -0.39 is 25.1 Å². The van der Waals surface area contributed by atoms with Crippen molar-refractivity contribution in [1.29, 1.82) is 0 Å². The van der Waals surface area contributed by atoms with Crippen LogP contribution in [0, 0.1) is 6.92 Å². The van der Waals surface area contributed by atoms with Crippen LogP contribution >= 0.6 is 23.2 Å². The van der Waals surface area contributed by atoms with Gasteiger partial charge in [0.1, 0.15) is 5.75 Å². The van der Waals surface area contributed by atoms with E-state index in [0.717, 1.165) is 6.08 Å². The van der Waals surface area contributed by atoms with Gasteiger partial charge >= 0.3 is 12.6 Å². The number of esters is 1. The number of amides is 1. The number of alkyl halides is 2. The van der Waals surface area contributed by atoms with Crippen LogP contribution in [-0.2, 0) is 14.3 Å². The Hall–Kier alpha value is -2.71. The molecule has 1 aromatic heterocycles. The number of carbonyl (C=O) groups is 2. The lowest BCUT2D eigenvalue weighted by molar-refractivity contribution is -0.142. The summed E-state index contributed by atoms with van der Waals surface area (Å²) in [7, 11) is 0. The van der Waals surface area contributed by atoms with Crippen molar-refractivity contribution in [2.24, 2.45) is 0 Å². The molecule has 1 N–H and O–H groups in total. The summed E-state index contributed by atoms with van der Waals surface area (Å²) in [6.45, 7) is -1.80. The van der Waals surface area contributed by atoms with Gasteiger partial charge in [-0.15, -0.1) is 0 Å². The molecule has 0 saturated carbocycles. The summed E-state index contributed by atoms with van der Waals surface area (Å²) >= 11 is 11.9. The molecule has 1 heterocycles. The van der Waals surface area contributed by atoms with E-state index in [1.54, 1.807) is 6.92 Å². The molecule has 6 nitrogen and oxygen atoms in total. The van der Waals surface area contributed by atoms with Crippen LogP contribution in [0.25, 0.3) is 6.08 Å². The van der Waals surface area contributed by atoms with Crippen LogP contribution in [0.3, 0.4) is 0 Å². The van der Waals surface area contributed by atoms with Crippen molar-refractivity contribution in [2.45, 2.75) is 13.5 Å². The highest BCUT2D eigenvalue weighted by Gasteiger charge is 2.12. The Balaban J connectivity index is 1.84. The minimum Gasteiger partial charge on any atom is -0.452 e. The molecule has 1 aromatic carbocycles. The highest BCUT2D eigenvalue weighted by molar-refractivity contribution is 6.37. The lowest BCUT2D eigenvalue weighted by atomic mass is 10.2. The Kier molecular flexibility index (Phi) is 7.71. The number of hydrogen-bond donors (Lipinski definition) is 1.